The number of halogens is 1. The highest BCUT2D eigenvalue weighted by Gasteiger charge is 2.33. The first-order chi connectivity index (χ1) is 12.6. The van der Waals surface area contributed by atoms with Gasteiger partial charge < -0.3 is 20.6 Å². The summed E-state index contributed by atoms with van der Waals surface area (Å²) < 4.78 is 0. The lowest BCUT2D eigenvalue weighted by atomic mass is 9.88. The van der Waals surface area contributed by atoms with Crippen LogP contribution in [0.4, 0.5) is 0 Å². The van der Waals surface area contributed by atoms with Crippen LogP contribution in [0.25, 0.3) is 0 Å². The minimum atomic E-state index is -0.624. The lowest BCUT2D eigenvalue weighted by Gasteiger charge is -2.26. The Bertz CT molecular complexity index is 502. The number of nitrogens with one attached hydrogen (secondary N) is 2. The summed E-state index contributed by atoms with van der Waals surface area (Å²) in [5.41, 5.74) is -0.624. The minimum absolute atomic E-state index is 0. The molecular weight excluding hydrogens is 455 g/mol. The molecule has 0 aromatic carbocycles. The van der Waals surface area contributed by atoms with E-state index in [4.69, 9.17) is 0 Å². The lowest BCUT2D eigenvalue weighted by Crippen LogP contribution is -2.46. The zero-order valence-electron chi connectivity index (χ0n) is 16.7. The van der Waals surface area contributed by atoms with Gasteiger partial charge in [0.15, 0.2) is 5.96 Å². The van der Waals surface area contributed by atoms with Gasteiger partial charge in [-0.25, -0.2) is 0 Å². The molecule has 1 aliphatic heterocycles. The fraction of sp³-hybridized carbons (Fsp3) is 0.900. The van der Waals surface area contributed by atoms with Crippen molar-refractivity contribution in [3.63, 3.8) is 0 Å². The molecule has 2 aliphatic carbocycles. The van der Waals surface area contributed by atoms with Crippen LogP contribution in [-0.2, 0) is 4.79 Å². The Kier molecular flexibility index (Phi) is 9.11. The molecule has 156 valence electrons. The number of aliphatic imine (C=N–C) groups is 1. The molecule has 0 spiro atoms. The predicted molar refractivity (Wildman–Crippen MR) is 120 cm³/mol. The fourth-order valence-corrected chi connectivity index (χ4v) is 4.62. The summed E-state index contributed by atoms with van der Waals surface area (Å²) in [6, 6.07) is 0.249. The number of hydrogen-bond donors (Lipinski definition) is 3. The zero-order chi connectivity index (χ0) is 18.4. The molecule has 2 saturated carbocycles. The largest absolute Gasteiger partial charge is 0.388 e. The van der Waals surface area contributed by atoms with E-state index in [2.05, 4.69) is 22.5 Å². The Balaban J connectivity index is 0.00000261. The average Bonchev–Trinajstić information content (AvgIpc) is 3.30. The van der Waals surface area contributed by atoms with E-state index in [0.717, 1.165) is 70.5 Å². The summed E-state index contributed by atoms with van der Waals surface area (Å²) in [6.45, 7) is 4.91. The van der Waals surface area contributed by atoms with Crippen molar-refractivity contribution < 1.29 is 9.90 Å². The molecule has 0 radical (unpaired) electrons. The van der Waals surface area contributed by atoms with Crippen LogP contribution in [0.1, 0.15) is 71.1 Å². The topological polar surface area (TPSA) is 77.0 Å². The highest BCUT2D eigenvalue weighted by Crippen LogP contribution is 2.29. The highest BCUT2D eigenvalue weighted by molar-refractivity contribution is 14.0. The summed E-state index contributed by atoms with van der Waals surface area (Å²) in [6.07, 6.45) is 10.7. The molecule has 0 bridgehead atoms. The van der Waals surface area contributed by atoms with Crippen LogP contribution in [0.2, 0.25) is 0 Å². The predicted octanol–water partition coefficient (Wildman–Crippen LogP) is 2.65. The van der Waals surface area contributed by atoms with Crippen molar-refractivity contribution in [3.05, 3.63) is 0 Å². The van der Waals surface area contributed by atoms with Crippen LogP contribution in [0.3, 0.4) is 0 Å². The van der Waals surface area contributed by atoms with Crippen molar-refractivity contribution in [2.45, 2.75) is 82.8 Å². The summed E-state index contributed by atoms with van der Waals surface area (Å²) in [7, 11) is 0. The summed E-state index contributed by atoms with van der Waals surface area (Å²) in [4.78, 5) is 19.4. The monoisotopic (exact) mass is 492 g/mol. The number of aliphatic hydroxyl groups is 1. The summed E-state index contributed by atoms with van der Waals surface area (Å²) >= 11 is 0. The molecule has 3 N–H and O–H groups in total. The third kappa shape index (κ3) is 6.48. The van der Waals surface area contributed by atoms with E-state index in [1.165, 1.54) is 19.3 Å². The molecule has 3 rings (SSSR count). The Hall–Kier alpha value is -0.570. The molecule has 1 atom stereocenters. The standard InChI is InChI=1S/C20H36N4O2.HI/c1-2-21-19(22-15-20(26)11-6-7-12-20)23-17-10-13-24(14-17)18(25)16-8-4-3-5-9-16;/h16-17,26H,2-15H2,1H3,(H2,21,22,23);1H. The van der Waals surface area contributed by atoms with Gasteiger partial charge in [0.05, 0.1) is 12.1 Å². The van der Waals surface area contributed by atoms with Gasteiger partial charge in [-0.1, -0.05) is 32.1 Å². The third-order valence-electron chi connectivity index (χ3n) is 6.21. The van der Waals surface area contributed by atoms with Crippen LogP contribution in [0, 0.1) is 5.92 Å². The third-order valence-corrected chi connectivity index (χ3v) is 6.21. The zero-order valence-corrected chi connectivity index (χ0v) is 19.0. The maximum atomic E-state index is 12.7. The van der Waals surface area contributed by atoms with Gasteiger partial charge >= 0.3 is 0 Å². The van der Waals surface area contributed by atoms with E-state index in [1.807, 2.05) is 4.90 Å². The second-order valence-corrected chi connectivity index (χ2v) is 8.38. The Morgan fingerprint density at radius 2 is 1.85 bits per heavy atom. The first kappa shape index (κ1) is 22.7. The van der Waals surface area contributed by atoms with Gasteiger partial charge in [0.2, 0.25) is 5.91 Å². The SMILES string of the molecule is CCNC(=NCC1(O)CCCC1)NC1CCN(C(=O)C2CCCCC2)C1.I. The van der Waals surface area contributed by atoms with Crippen LogP contribution >= 0.6 is 24.0 Å². The molecule has 3 fully saturated rings. The van der Waals surface area contributed by atoms with Gasteiger partial charge in [0.1, 0.15) is 0 Å². The van der Waals surface area contributed by atoms with E-state index in [0.29, 0.717) is 12.5 Å². The highest BCUT2D eigenvalue weighted by atomic mass is 127. The van der Waals surface area contributed by atoms with E-state index in [1.54, 1.807) is 0 Å². The molecule has 1 saturated heterocycles. The first-order valence-corrected chi connectivity index (χ1v) is 10.7. The normalized spacial score (nSPS) is 25.9. The fourth-order valence-electron chi connectivity index (χ4n) is 4.62. The van der Waals surface area contributed by atoms with Crippen molar-refractivity contribution in [2.24, 2.45) is 10.9 Å². The van der Waals surface area contributed by atoms with Crippen LogP contribution < -0.4 is 10.6 Å². The molecule has 1 unspecified atom stereocenters. The van der Waals surface area contributed by atoms with Gasteiger partial charge in [-0.05, 0) is 39.0 Å². The van der Waals surface area contributed by atoms with Gasteiger partial charge in [0.25, 0.3) is 0 Å². The second-order valence-electron chi connectivity index (χ2n) is 8.38. The second kappa shape index (κ2) is 10.8. The lowest BCUT2D eigenvalue weighted by molar-refractivity contribution is -0.135. The van der Waals surface area contributed by atoms with Crippen molar-refractivity contribution in [2.75, 3.05) is 26.2 Å². The number of likely N-dealkylation sites (tertiary alicyclic amines) is 1. The van der Waals surface area contributed by atoms with Crippen LogP contribution in [0.15, 0.2) is 4.99 Å². The Morgan fingerprint density at radius 1 is 1.15 bits per heavy atom. The van der Waals surface area contributed by atoms with Gasteiger partial charge in [-0.15, -0.1) is 24.0 Å². The van der Waals surface area contributed by atoms with E-state index in [-0.39, 0.29) is 35.9 Å². The number of carbonyl (C=O) groups excluding carboxylic acids is 1. The molecule has 1 heterocycles. The van der Waals surface area contributed by atoms with Crippen LogP contribution in [-0.4, -0.2) is 59.7 Å². The number of guanidine groups is 1. The molecule has 3 aliphatic rings. The van der Waals surface area contributed by atoms with Crippen molar-refractivity contribution in [1.82, 2.24) is 15.5 Å². The maximum absolute atomic E-state index is 12.7. The molecular formula is C20H37IN4O2. The number of hydrogen-bond acceptors (Lipinski definition) is 3. The number of carbonyl (C=O) groups is 1. The molecule has 0 aromatic rings. The number of amides is 1. The van der Waals surface area contributed by atoms with Gasteiger partial charge in [-0.2, -0.15) is 0 Å². The molecule has 6 nitrogen and oxygen atoms in total. The smallest absolute Gasteiger partial charge is 0.225 e. The van der Waals surface area contributed by atoms with E-state index in [9.17, 15) is 9.90 Å². The van der Waals surface area contributed by atoms with Crippen molar-refractivity contribution >= 4 is 35.8 Å². The van der Waals surface area contributed by atoms with Gasteiger partial charge in [0, 0.05) is 31.6 Å². The number of nitrogens with zero attached hydrogens (tertiary/aromatic N) is 2. The molecule has 1 amide bonds. The molecule has 7 heteroatoms. The van der Waals surface area contributed by atoms with Crippen molar-refractivity contribution in [1.29, 1.82) is 0 Å². The Labute approximate surface area is 181 Å². The molecule has 0 aromatic heterocycles. The number of rotatable bonds is 5. The van der Waals surface area contributed by atoms with Crippen molar-refractivity contribution in [3.8, 4) is 0 Å². The van der Waals surface area contributed by atoms with E-state index >= 15 is 0 Å². The Morgan fingerprint density at radius 3 is 2.52 bits per heavy atom. The maximum Gasteiger partial charge on any atom is 0.225 e. The minimum Gasteiger partial charge on any atom is -0.388 e. The summed E-state index contributed by atoms with van der Waals surface area (Å²) in [5, 5.41) is 17.3. The van der Waals surface area contributed by atoms with E-state index < -0.39 is 5.60 Å². The average molecular weight is 492 g/mol. The van der Waals surface area contributed by atoms with Gasteiger partial charge in [-0.3, -0.25) is 9.79 Å². The molecule has 27 heavy (non-hydrogen) atoms. The first-order valence-electron chi connectivity index (χ1n) is 10.7. The quantitative estimate of drug-likeness (QED) is 0.314. The van der Waals surface area contributed by atoms with Crippen LogP contribution in [0.5, 0.6) is 0 Å². The summed E-state index contributed by atoms with van der Waals surface area (Å²) in [5.74, 6) is 1.38.